The van der Waals surface area contributed by atoms with Crippen LogP contribution in [0.3, 0.4) is 0 Å². The minimum Gasteiger partial charge on any atom is -0.369 e. The number of rotatable bonds is 4. The van der Waals surface area contributed by atoms with Crippen molar-refractivity contribution in [2.24, 2.45) is 0 Å². The summed E-state index contributed by atoms with van der Waals surface area (Å²) in [6.07, 6.45) is 1.11. The van der Waals surface area contributed by atoms with Gasteiger partial charge in [-0.15, -0.1) is 0 Å². The number of hydrogen-bond donors (Lipinski definition) is 0. The van der Waals surface area contributed by atoms with Crippen LogP contribution in [-0.2, 0) is 0 Å². The summed E-state index contributed by atoms with van der Waals surface area (Å²) in [6.45, 7) is 3.78. The Hall–Kier alpha value is -2.57. The molecule has 0 amide bonds. The molecular weight excluding hydrogens is 425 g/mol. The van der Waals surface area contributed by atoms with E-state index in [4.69, 9.17) is 0 Å². The quantitative estimate of drug-likeness (QED) is 0.546. The Kier molecular flexibility index (Phi) is 5.82. The molecule has 5 rings (SSSR count). The molecule has 2 fully saturated rings. The molecule has 2 nitrogen and oxygen atoms in total. The normalized spacial score (nSPS) is 21.1. The number of anilines is 1. The Balaban J connectivity index is 1.34. The van der Waals surface area contributed by atoms with Gasteiger partial charge < -0.3 is 4.90 Å². The maximum absolute atomic E-state index is 13.7. The van der Waals surface area contributed by atoms with Crippen molar-refractivity contribution < 1.29 is 13.2 Å². The molecule has 0 N–H and O–H groups in total. The van der Waals surface area contributed by atoms with E-state index in [1.54, 1.807) is 24.3 Å². The second-order valence-electron chi connectivity index (χ2n) is 8.99. The first-order chi connectivity index (χ1) is 15.5. The van der Waals surface area contributed by atoms with E-state index in [9.17, 15) is 13.2 Å². The molecular formula is C26H27F3N2Si. The fourth-order valence-corrected chi connectivity index (χ4v) is 10.8. The average Bonchev–Trinajstić information content (AvgIpc) is 3.27. The van der Waals surface area contributed by atoms with Crippen LogP contribution in [0.4, 0.5) is 18.9 Å². The summed E-state index contributed by atoms with van der Waals surface area (Å²) in [7, 11) is -2.09. The van der Waals surface area contributed by atoms with Gasteiger partial charge in [0.2, 0.25) is 0 Å². The minimum absolute atomic E-state index is 0.207. The van der Waals surface area contributed by atoms with E-state index in [1.165, 1.54) is 22.5 Å². The Bertz CT molecular complexity index is 1000. The molecule has 0 saturated carbocycles. The van der Waals surface area contributed by atoms with Gasteiger partial charge in [0.25, 0.3) is 0 Å². The number of nitrogens with zero attached hydrogens (tertiary/aromatic N) is 2. The molecule has 1 atom stereocenters. The maximum Gasteiger partial charge on any atom is 0.123 e. The van der Waals surface area contributed by atoms with Gasteiger partial charge in [-0.2, -0.15) is 0 Å². The Morgan fingerprint density at radius 2 is 1.09 bits per heavy atom. The van der Waals surface area contributed by atoms with Crippen molar-refractivity contribution in [3.05, 3.63) is 90.2 Å². The standard InChI is InChI=1S/C26H27F3N2Si/c27-20-1-7-23(8-2-20)30-14-16-31(17-15-30)24-13-18-32(19-24,25-9-3-21(28)4-10-25)26-11-5-22(29)6-12-26/h1-12,24H,13-19H2. The highest BCUT2D eigenvalue weighted by Crippen LogP contribution is 2.34. The first-order valence-corrected chi connectivity index (χ1v) is 13.7. The molecule has 0 aromatic heterocycles. The molecule has 0 radical (unpaired) electrons. The number of benzene rings is 3. The molecule has 166 valence electrons. The Morgan fingerprint density at radius 3 is 1.59 bits per heavy atom. The zero-order valence-corrected chi connectivity index (χ0v) is 19.0. The van der Waals surface area contributed by atoms with Gasteiger partial charge in [0, 0.05) is 37.9 Å². The van der Waals surface area contributed by atoms with E-state index in [2.05, 4.69) is 9.80 Å². The van der Waals surface area contributed by atoms with Crippen LogP contribution in [0.2, 0.25) is 12.1 Å². The lowest BCUT2D eigenvalue weighted by Gasteiger charge is -2.40. The second kappa shape index (κ2) is 8.75. The van der Waals surface area contributed by atoms with Crippen LogP contribution in [0, 0.1) is 17.5 Å². The zero-order valence-electron chi connectivity index (χ0n) is 18.0. The molecule has 0 bridgehead atoms. The van der Waals surface area contributed by atoms with Crippen LogP contribution >= 0.6 is 0 Å². The van der Waals surface area contributed by atoms with E-state index in [0.29, 0.717) is 6.04 Å². The molecule has 3 aromatic carbocycles. The first-order valence-electron chi connectivity index (χ1n) is 11.3. The molecule has 2 heterocycles. The molecule has 2 aliphatic rings. The molecule has 6 heteroatoms. The van der Waals surface area contributed by atoms with Crippen LogP contribution in [0.5, 0.6) is 0 Å². The highest BCUT2D eigenvalue weighted by atomic mass is 28.3. The summed E-state index contributed by atoms with van der Waals surface area (Å²) in [5, 5.41) is 2.47. The third kappa shape index (κ3) is 4.09. The average molecular weight is 453 g/mol. The number of hydrogen-bond acceptors (Lipinski definition) is 2. The number of piperazine rings is 1. The fraction of sp³-hybridized carbons (Fsp3) is 0.308. The van der Waals surface area contributed by atoms with Gasteiger partial charge in [0.1, 0.15) is 25.5 Å². The minimum atomic E-state index is -2.09. The highest BCUT2D eigenvalue weighted by Gasteiger charge is 2.46. The highest BCUT2D eigenvalue weighted by molar-refractivity contribution is 7.02. The monoisotopic (exact) mass is 452 g/mol. The van der Waals surface area contributed by atoms with Gasteiger partial charge in [-0.25, -0.2) is 13.2 Å². The lowest BCUT2D eigenvalue weighted by Crippen LogP contribution is -2.58. The van der Waals surface area contributed by atoms with Crippen LogP contribution < -0.4 is 15.3 Å². The van der Waals surface area contributed by atoms with Crippen molar-refractivity contribution in [2.45, 2.75) is 24.6 Å². The Labute approximate surface area is 188 Å². The SMILES string of the molecule is Fc1ccc(N2CCN(C3CC[Si](c4ccc(F)cc4)(c4ccc(F)cc4)C3)CC2)cc1. The van der Waals surface area contributed by atoms with Crippen molar-refractivity contribution >= 4 is 24.1 Å². The van der Waals surface area contributed by atoms with Crippen LogP contribution in [0.15, 0.2) is 72.8 Å². The summed E-state index contributed by atoms with van der Waals surface area (Å²) >= 11 is 0. The van der Waals surface area contributed by atoms with Crippen LogP contribution in [-0.4, -0.2) is 45.2 Å². The first kappa shape index (κ1) is 21.3. The topological polar surface area (TPSA) is 6.48 Å². The molecule has 2 saturated heterocycles. The predicted molar refractivity (Wildman–Crippen MR) is 126 cm³/mol. The van der Waals surface area contributed by atoms with Gasteiger partial charge in [-0.3, -0.25) is 4.90 Å². The van der Waals surface area contributed by atoms with Crippen LogP contribution in [0.1, 0.15) is 6.42 Å². The summed E-state index contributed by atoms with van der Waals surface area (Å²) in [4.78, 5) is 4.90. The van der Waals surface area contributed by atoms with Crippen molar-refractivity contribution in [1.29, 1.82) is 0 Å². The molecule has 0 aliphatic carbocycles. The van der Waals surface area contributed by atoms with Crippen LogP contribution in [0.25, 0.3) is 0 Å². The molecule has 0 spiro atoms. The van der Waals surface area contributed by atoms with Crippen molar-refractivity contribution in [3.63, 3.8) is 0 Å². The van der Waals surface area contributed by atoms with E-state index < -0.39 is 8.07 Å². The van der Waals surface area contributed by atoms with E-state index in [-0.39, 0.29) is 17.5 Å². The Morgan fingerprint density at radius 1 is 0.625 bits per heavy atom. The van der Waals surface area contributed by atoms with E-state index in [0.717, 1.165) is 50.4 Å². The van der Waals surface area contributed by atoms with Gasteiger partial charge >= 0.3 is 0 Å². The maximum atomic E-state index is 13.7. The fourth-order valence-electron chi connectivity index (χ4n) is 5.56. The predicted octanol–water partition coefficient (Wildman–Crippen LogP) is 4.26. The summed E-state index contributed by atoms with van der Waals surface area (Å²) < 4.78 is 40.6. The second-order valence-corrected chi connectivity index (χ2v) is 13.2. The molecule has 3 aromatic rings. The van der Waals surface area contributed by atoms with Gasteiger partial charge in [-0.05, 0) is 67.0 Å². The smallest absolute Gasteiger partial charge is 0.123 e. The van der Waals surface area contributed by atoms with Crippen molar-refractivity contribution in [2.75, 3.05) is 31.1 Å². The molecule has 32 heavy (non-hydrogen) atoms. The molecule has 1 unspecified atom stereocenters. The van der Waals surface area contributed by atoms with Gasteiger partial charge in [0.15, 0.2) is 0 Å². The van der Waals surface area contributed by atoms with Crippen molar-refractivity contribution in [1.82, 2.24) is 4.90 Å². The van der Waals surface area contributed by atoms with E-state index in [1.807, 2.05) is 36.4 Å². The summed E-state index contributed by atoms with van der Waals surface area (Å²) in [5.41, 5.74) is 1.07. The zero-order chi connectivity index (χ0) is 22.1. The lowest BCUT2D eigenvalue weighted by atomic mass is 10.1. The van der Waals surface area contributed by atoms with Gasteiger partial charge in [-0.1, -0.05) is 34.6 Å². The summed E-state index contributed by atoms with van der Waals surface area (Å²) in [6, 6.07) is 23.4. The summed E-state index contributed by atoms with van der Waals surface area (Å²) in [5.74, 6) is -0.645. The van der Waals surface area contributed by atoms with Crippen molar-refractivity contribution in [3.8, 4) is 0 Å². The van der Waals surface area contributed by atoms with Gasteiger partial charge in [0.05, 0.1) is 0 Å². The molecule has 2 aliphatic heterocycles. The number of halogens is 3. The van der Waals surface area contributed by atoms with E-state index >= 15 is 0 Å². The third-order valence-corrected chi connectivity index (χ3v) is 12.5. The lowest BCUT2D eigenvalue weighted by molar-refractivity contribution is 0.198. The largest absolute Gasteiger partial charge is 0.369 e. The third-order valence-electron chi connectivity index (χ3n) is 7.30.